The molecule has 0 heterocycles. The van der Waals surface area contributed by atoms with Gasteiger partial charge in [0.05, 0.1) is 6.54 Å². The lowest BCUT2D eigenvalue weighted by molar-refractivity contribution is -0.123. The van der Waals surface area contributed by atoms with Crippen LogP contribution in [0, 0.1) is 19.7 Å². The van der Waals surface area contributed by atoms with Crippen LogP contribution in [0.3, 0.4) is 0 Å². The summed E-state index contributed by atoms with van der Waals surface area (Å²) in [6.45, 7) is 4.59. The van der Waals surface area contributed by atoms with E-state index in [1.807, 2.05) is 32.0 Å². The third-order valence-electron chi connectivity index (χ3n) is 3.18. The van der Waals surface area contributed by atoms with Gasteiger partial charge in [-0.1, -0.05) is 23.8 Å². The van der Waals surface area contributed by atoms with Gasteiger partial charge in [-0.3, -0.25) is 4.79 Å². The summed E-state index contributed by atoms with van der Waals surface area (Å²) in [6, 6.07) is 11.6. The van der Waals surface area contributed by atoms with Crippen molar-refractivity contribution in [1.82, 2.24) is 5.32 Å². The van der Waals surface area contributed by atoms with Crippen molar-refractivity contribution in [2.75, 3.05) is 19.8 Å². The standard InChI is InChI=1S/C18H20FNO3/c1-13-6-7-17(14(2)10-13)22-9-8-20-18(21)12-23-16-5-3-4-15(19)11-16/h3-7,10-11H,8-9,12H2,1-2H3,(H,20,21). The minimum atomic E-state index is -0.398. The fraction of sp³-hybridized carbons (Fsp3) is 0.278. The minimum Gasteiger partial charge on any atom is -0.491 e. The van der Waals surface area contributed by atoms with Crippen LogP contribution >= 0.6 is 0 Å². The predicted molar refractivity (Wildman–Crippen MR) is 86.3 cm³/mol. The van der Waals surface area contributed by atoms with Crippen LogP contribution in [0.25, 0.3) is 0 Å². The predicted octanol–water partition coefficient (Wildman–Crippen LogP) is 3.02. The number of ether oxygens (including phenoxy) is 2. The first-order valence-corrected chi connectivity index (χ1v) is 7.40. The molecule has 122 valence electrons. The average molecular weight is 317 g/mol. The van der Waals surface area contributed by atoms with Crippen molar-refractivity contribution in [1.29, 1.82) is 0 Å². The summed E-state index contributed by atoms with van der Waals surface area (Å²) >= 11 is 0. The highest BCUT2D eigenvalue weighted by atomic mass is 19.1. The lowest BCUT2D eigenvalue weighted by Crippen LogP contribution is -2.32. The van der Waals surface area contributed by atoms with E-state index in [4.69, 9.17) is 9.47 Å². The molecule has 0 aliphatic heterocycles. The molecule has 0 saturated heterocycles. The molecule has 4 nitrogen and oxygen atoms in total. The van der Waals surface area contributed by atoms with Crippen LogP contribution in [0.5, 0.6) is 11.5 Å². The fourth-order valence-corrected chi connectivity index (χ4v) is 2.07. The molecule has 0 bridgehead atoms. The highest BCUT2D eigenvalue weighted by Gasteiger charge is 2.04. The maximum absolute atomic E-state index is 13.0. The Bertz CT molecular complexity index is 673. The highest BCUT2D eigenvalue weighted by molar-refractivity contribution is 5.77. The quantitative estimate of drug-likeness (QED) is 0.799. The zero-order chi connectivity index (χ0) is 16.7. The van der Waals surface area contributed by atoms with Crippen LogP contribution in [-0.4, -0.2) is 25.7 Å². The molecule has 0 aromatic heterocycles. The van der Waals surface area contributed by atoms with Gasteiger partial charge in [-0.2, -0.15) is 0 Å². The van der Waals surface area contributed by atoms with E-state index in [0.29, 0.717) is 18.9 Å². The summed E-state index contributed by atoms with van der Waals surface area (Å²) in [6.07, 6.45) is 0. The maximum Gasteiger partial charge on any atom is 0.258 e. The molecule has 2 rings (SSSR count). The first-order valence-electron chi connectivity index (χ1n) is 7.40. The van der Waals surface area contributed by atoms with Crippen molar-refractivity contribution in [2.45, 2.75) is 13.8 Å². The molecule has 0 spiro atoms. The van der Waals surface area contributed by atoms with Gasteiger partial charge in [0.2, 0.25) is 0 Å². The summed E-state index contributed by atoms with van der Waals surface area (Å²) in [7, 11) is 0. The summed E-state index contributed by atoms with van der Waals surface area (Å²) < 4.78 is 23.8. The number of nitrogens with one attached hydrogen (secondary N) is 1. The summed E-state index contributed by atoms with van der Waals surface area (Å²) in [5, 5.41) is 2.69. The molecule has 23 heavy (non-hydrogen) atoms. The zero-order valence-electron chi connectivity index (χ0n) is 13.3. The average Bonchev–Trinajstić information content (AvgIpc) is 2.51. The molecular formula is C18H20FNO3. The lowest BCUT2D eigenvalue weighted by Gasteiger charge is -2.11. The van der Waals surface area contributed by atoms with E-state index in [1.54, 1.807) is 6.07 Å². The summed E-state index contributed by atoms with van der Waals surface area (Å²) in [4.78, 5) is 11.6. The Hall–Kier alpha value is -2.56. The van der Waals surface area contributed by atoms with E-state index in [1.165, 1.54) is 23.8 Å². The summed E-state index contributed by atoms with van der Waals surface area (Å²) in [5.74, 6) is 0.454. The molecule has 2 aromatic rings. The van der Waals surface area contributed by atoms with E-state index in [0.717, 1.165) is 11.3 Å². The molecule has 0 aliphatic rings. The SMILES string of the molecule is Cc1ccc(OCCNC(=O)COc2cccc(F)c2)c(C)c1. The Morgan fingerprint density at radius 3 is 2.70 bits per heavy atom. The van der Waals surface area contributed by atoms with Crippen molar-refractivity contribution >= 4 is 5.91 Å². The Kier molecular flexibility index (Phi) is 5.97. The van der Waals surface area contributed by atoms with E-state index in [2.05, 4.69) is 5.32 Å². The van der Waals surface area contributed by atoms with E-state index >= 15 is 0 Å². The van der Waals surface area contributed by atoms with Gasteiger partial charge in [0.25, 0.3) is 5.91 Å². The molecule has 5 heteroatoms. The van der Waals surface area contributed by atoms with Gasteiger partial charge >= 0.3 is 0 Å². The largest absolute Gasteiger partial charge is 0.491 e. The normalized spacial score (nSPS) is 10.2. The molecule has 0 radical (unpaired) electrons. The van der Waals surface area contributed by atoms with Gasteiger partial charge in [0, 0.05) is 6.07 Å². The van der Waals surface area contributed by atoms with Gasteiger partial charge in [-0.15, -0.1) is 0 Å². The molecule has 0 aliphatic carbocycles. The second-order valence-electron chi connectivity index (χ2n) is 5.21. The zero-order valence-corrected chi connectivity index (χ0v) is 13.3. The summed E-state index contributed by atoms with van der Waals surface area (Å²) in [5.41, 5.74) is 2.24. The van der Waals surface area contributed by atoms with Crippen molar-refractivity contribution in [3.63, 3.8) is 0 Å². The van der Waals surface area contributed by atoms with Crippen LogP contribution in [0.15, 0.2) is 42.5 Å². The van der Waals surface area contributed by atoms with Crippen molar-refractivity contribution in [3.8, 4) is 11.5 Å². The molecular weight excluding hydrogens is 297 g/mol. The smallest absolute Gasteiger partial charge is 0.258 e. The molecule has 2 aromatic carbocycles. The van der Waals surface area contributed by atoms with Gasteiger partial charge < -0.3 is 14.8 Å². The van der Waals surface area contributed by atoms with E-state index < -0.39 is 5.82 Å². The van der Waals surface area contributed by atoms with Gasteiger partial charge in [-0.25, -0.2) is 4.39 Å². The number of halogens is 1. The fourth-order valence-electron chi connectivity index (χ4n) is 2.07. The number of rotatable bonds is 7. The van der Waals surface area contributed by atoms with Crippen LogP contribution in [-0.2, 0) is 4.79 Å². The highest BCUT2D eigenvalue weighted by Crippen LogP contribution is 2.18. The second-order valence-corrected chi connectivity index (χ2v) is 5.21. The molecule has 0 saturated carbocycles. The van der Waals surface area contributed by atoms with Crippen molar-refractivity contribution in [2.24, 2.45) is 0 Å². The maximum atomic E-state index is 13.0. The van der Waals surface area contributed by atoms with E-state index in [9.17, 15) is 9.18 Å². The lowest BCUT2D eigenvalue weighted by atomic mass is 10.1. The van der Waals surface area contributed by atoms with Crippen LogP contribution in [0.1, 0.15) is 11.1 Å². The topological polar surface area (TPSA) is 47.6 Å². The number of benzene rings is 2. The Morgan fingerprint density at radius 2 is 1.96 bits per heavy atom. The van der Waals surface area contributed by atoms with Crippen molar-refractivity contribution < 1.29 is 18.7 Å². The number of amides is 1. The Labute approximate surface area is 135 Å². The van der Waals surface area contributed by atoms with Crippen LogP contribution in [0.2, 0.25) is 0 Å². The monoisotopic (exact) mass is 317 g/mol. The second kappa shape index (κ2) is 8.17. The van der Waals surface area contributed by atoms with Gasteiger partial charge in [0.15, 0.2) is 6.61 Å². The van der Waals surface area contributed by atoms with Crippen LogP contribution in [0.4, 0.5) is 4.39 Å². The number of aryl methyl sites for hydroxylation is 2. The molecule has 0 unspecified atom stereocenters. The molecule has 0 fully saturated rings. The third-order valence-corrected chi connectivity index (χ3v) is 3.18. The number of hydrogen-bond acceptors (Lipinski definition) is 3. The molecule has 1 amide bonds. The minimum absolute atomic E-state index is 0.160. The third kappa shape index (κ3) is 5.62. The molecule has 0 atom stereocenters. The van der Waals surface area contributed by atoms with Crippen LogP contribution < -0.4 is 14.8 Å². The first-order chi connectivity index (χ1) is 11.0. The number of carbonyl (C=O) groups is 1. The van der Waals surface area contributed by atoms with Gasteiger partial charge in [-0.05, 0) is 37.6 Å². The van der Waals surface area contributed by atoms with E-state index in [-0.39, 0.29) is 12.5 Å². The Balaban J connectivity index is 1.66. The molecule has 1 N–H and O–H groups in total. The number of carbonyl (C=O) groups excluding carboxylic acids is 1. The van der Waals surface area contributed by atoms with Gasteiger partial charge in [0.1, 0.15) is 23.9 Å². The number of hydrogen-bond donors (Lipinski definition) is 1. The first kappa shape index (κ1) is 16.8. The Morgan fingerprint density at radius 1 is 1.13 bits per heavy atom. The van der Waals surface area contributed by atoms with Crippen molar-refractivity contribution in [3.05, 3.63) is 59.4 Å².